The maximum atomic E-state index is 12.4. The third kappa shape index (κ3) is 4.43. The first-order valence-corrected chi connectivity index (χ1v) is 10.1. The number of carbonyl (C=O) groups is 1. The maximum Gasteiger partial charge on any atom is 0.255 e. The molecule has 3 aromatic rings. The molecule has 6 nitrogen and oxygen atoms in total. The summed E-state index contributed by atoms with van der Waals surface area (Å²) in [5, 5.41) is 6.47. The molecule has 1 heterocycles. The summed E-state index contributed by atoms with van der Waals surface area (Å²) in [6.07, 6.45) is 3.62. The van der Waals surface area contributed by atoms with Crippen molar-refractivity contribution in [2.24, 2.45) is 0 Å². The first-order valence-electron chi connectivity index (χ1n) is 8.58. The second-order valence-electron chi connectivity index (χ2n) is 6.47. The van der Waals surface area contributed by atoms with Crippen molar-refractivity contribution in [3.8, 4) is 0 Å². The Bertz CT molecular complexity index is 1010. The van der Waals surface area contributed by atoms with Crippen molar-refractivity contribution in [1.29, 1.82) is 0 Å². The summed E-state index contributed by atoms with van der Waals surface area (Å²) >= 11 is 0. The summed E-state index contributed by atoms with van der Waals surface area (Å²) < 4.78 is 26.1. The number of hydrogen-bond acceptors (Lipinski definition) is 4. The highest BCUT2D eigenvalue weighted by molar-refractivity contribution is 7.92. The van der Waals surface area contributed by atoms with Gasteiger partial charge in [-0.2, -0.15) is 5.10 Å². The number of hydrogen-bond donors (Lipinski definition) is 1. The normalized spacial score (nSPS) is 11.5. The molecule has 0 saturated heterocycles. The van der Waals surface area contributed by atoms with Crippen LogP contribution in [0.2, 0.25) is 0 Å². The molecule has 0 saturated carbocycles. The number of amides is 1. The van der Waals surface area contributed by atoms with Crippen LogP contribution < -0.4 is 5.32 Å². The van der Waals surface area contributed by atoms with Crippen LogP contribution in [-0.2, 0) is 16.4 Å². The first kappa shape index (κ1) is 18.8. The minimum absolute atomic E-state index is 0.219. The van der Waals surface area contributed by atoms with Crippen LogP contribution in [0.1, 0.15) is 29.8 Å². The molecule has 0 bridgehead atoms. The number of aromatic nitrogens is 2. The van der Waals surface area contributed by atoms with E-state index in [-0.39, 0.29) is 10.8 Å². The number of sulfone groups is 1. The molecule has 0 unspecified atom stereocenters. The van der Waals surface area contributed by atoms with Gasteiger partial charge in [-0.05, 0) is 61.9 Å². The molecule has 0 radical (unpaired) electrons. The Labute approximate surface area is 158 Å². The van der Waals surface area contributed by atoms with Crippen LogP contribution in [-0.4, -0.2) is 29.4 Å². The van der Waals surface area contributed by atoms with Gasteiger partial charge in [0.05, 0.1) is 16.7 Å². The van der Waals surface area contributed by atoms with Gasteiger partial charge in [0.25, 0.3) is 5.91 Å². The van der Waals surface area contributed by atoms with Crippen LogP contribution in [0.15, 0.2) is 71.9 Å². The molecule has 0 fully saturated rings. The summed E-state index contributed by atoms with van der Waals surface area (Å²) in [6, 6.07) is 15.4. The molecule has 1 aromatic heterocycles. The minimum Gasteiger partial charge on any atom is -0.322 e. The maximum absolute atomic E-state index is 12.4. The first-order chi connectivity index (χ1) is 12.9. The molecule has 140 valence electrons. The fourth-order valence-corrected chi connectivity index (χ4v) is 3.61. The Morgan fingerprint density at radius 3 is 2.30 bits per heavy atom. The number of carbonyl (C=O) groups excluding carboxylic acids is 1. The standard InChI is InChI=1S/C20H21N3O3S/c1-15(2)27(25,26)19-10-6-17(7-11-19)20(24)22-18-8-4-16(5-9-18)14-23-13-3-12-21-23/h3-13,15H,14H2,1-2H3,(H,22,24). The summed E-state index contributed by atoms with van der Waals surface area (Å²) in [5.74, 6) is -0.289. The van der Waals surface area contributed by atoms with Crippen molar-refractivity contribution in [2.45, 2.75) is 30.5 Å². The quantitative estimate of drug-likeness (QED) is 0.708. The van der Waals surface area contributed by atoms with Crippen LogP contribution >= 0.6 is 0 Å². The van der Waals surface area contributed by atoms with E-state index in [9.17, 15) is 13.2 Å². The number of nitrogens with zero attached hydrogens (tertiary/aromatic N) is 2. The van der Waals surface area contributed by atoms with E-state index < -0.39 is 15.1 Å². The van der Waals surface area contributed by atoms with Gasteiger partial charge in [-0.1, -0.05) is 12.1 Å². The predicted molar refractivity (Wildman–Crippen MR) is 104 cm³/mol. The highest BCUT2D eigenvalue weighted by Gasteiger charge is 2.19. The van der Waals surface area contributed by atoms with Gasteiger partial charge in [0.15, 0.2) is 9.84 Å². The highest BCUT2D eigenvalue weighted by Crippen LogP contribution is 2.18. The van der Waals surface area contributed by atoms with Crippen molar-refractivity contribution >= 4 is 21.4 Å². The molecule has 27 heavy (non-hydrogen) atoms. The molecule has 1 N–H and O–H groups in total. The van der Waals surface area contributed by atoms with E-state index in [1.165, 1.54) is 24.3 Å². The number of anilines is 1. The number of nitrogens with one attached hydrogen (secondary N) is 1. The smallest absolute Gasteiger partial charge is 0.255 e. The second-order valence-corrected chi connectivity index (χ2v) is 8.98. The molecule has 0 aliphatic carbocycles. The molecule has 1 amide bonds. The average Bonchev–Trinajstić information content (AvgIpc) is 3.16. The molecule has 0 spiro atoms. The Morgan fingerprint density at radius 1 is 1.07 bits per heavy atom. The summed E-state index contributed by atoms with van der Waals surface area (Å²) in [6.45, 7) is 3.92. The number of rotatable bonds is 6. The Hall–Kier alpha value is -2.93. The van der Waals surface area contributed by atoms with Crippen molar-refractivity contribution in [1.82, 2.24) is 9.78 Å². The van der Waals surface area contributed by atoms with Crippen LogP contribution in [0, 0.1) is 0 Å². The molecule has 7 heteroatoms. The van der Waals surface area contributed by atoms with Gasteiger partial charge in [-0.15, -0.1) is 0 Å². The van der Waals surface area contributed by atoms with Gasteiger partial charge in [-0.25, -0.2) is 8.42 Å². The topological polar surface area (TPSA) is 81.1 Å². The van der Waals surface area contributed by atoms with Gasteiger partial charge in [0.1, 0.15) is 0 Å². The van der Waals surface area contributed by atoms with Crippen LogP contribution in [0.5, 0.6) is 0 Å². The zero-order valence-electron chi connectivity index (χ0n) is 15.2. The van der Waals surface area contributed by atoms with Crippen LogP contribution in [0.3, 0.4) is 0 Å². The lowest BCUT2D eigenvalue weighted by molar-refractivity contribution is 0.102. The molecular weight excluding hydrogens is 362 g/mol. The zero-order valence-corrected chi connectivity index (χ0v) is 16.0. The Morgan fingerprint density at radius 2 is 1.74 bits per heavy atom. The van der Waals surface area contributed by atoms with E-state index in [4.69, 9.17) is 0 Å². The molecule has 0 aliphatic heterocycles. The summed E-state index contributed by atoms with van der Waals surface area (Å²) in [4.78, 5) is 12.6. The fourth-order valence-electron chi connectivity index (χ4n) is 2.55. The average molecular weight is 383 g/mol. The SMILES string of the molecule is CC(C)S(=O)(=O)c1ccc(C(=O)Nc2ccc(Cn3cccn3)cc2)cc1. The molecular formula is C20H21N3O3S. The van der Waals surface area contributed by atoms with Crippen molar-refractivity contribution in [3.05, 3.63) is 78.1 Å². The van der Waals surface area contributed by atoms with Crippen LogP contribution in [0.4, 0.5) is 5.69 Å². The summed E-state index contributed by atoms with van der Waals surface area (Å²) in [7, 11) is -3.34. The Kier molecular flexibility index (Phi) is 5.41. The Balaban J connectivity index is 1.66. The lowest BCUT2D eigenvalue weighted by Crippen LogP contribution is -2.15. The van der Waals surface area contributed by atoms with Crippen molar-refractivity contribution in [3.63, 3.8) is 0 Å². The van der Waals surface area contributed by atoms with Crippen LogP contribution in [0.25, 0.3) is 0 Å². The third-order valence-corrected chi connectivity index (χ3v) is 6.35. The van der Waals surface area contributed by atoms with Gasteiger partial charge < -0.3 is 5.32 Å². The highest BCUT2D eigenvalue weighted by atomic mass is 32.2. The van der Waals surface area contributed by atoms with Crippen molar-refractivity contribution in [2.75, 3.05) is 5.32 Å². The van der Waals surface area contributed by atoms with Crippen molar-refractivity contribution < 1.29 is 13.2 Å². The van der Waals surface area contributed by atoms with Gasteiger partial charge in [0, 0.05) is 23.6 Å². The fraction of sp³-hybridized carbons (Fsp3) is 0.200. The minimum atomic E-state index is -3.34. The molecule has 0 aliphatic rings. The lowest BCUT2D eigenvalue weighted by Gasteiger charge is -2.09. The van der Waals surface area contributed by atoms with E-state index in [1.54, 1.807) is 20.0 Å². The zero-order chi connectivity index (χ0) is 19.4. The third-order valence-electron chi connectivity index (χ3n) is 4.18. The molecule has 2 aromatic carbocycles. The number of benzene rings is 2. The molecule has 0 atom stereocenters. The largest absolute Gasteiger partial charge is 0.322 e. The van der Waals surface area contributed by atoms with Gasteiger partial charge in [-0.3, -0.25) is 9.48 Å². The van der Waals surface area contributed by atoms with Gasteiger partial charge in [0.2, 0.25) is 0 Å². The molecule has 3 rings (SSSR count). The monoisotopic (exact) mass is 383 g/mol. The second kappa shape index (κ2) is 7.75. The van der Waals surface area contributed by atoms with E-state index in [2.05, 4.69) is 10.4 Å². The van der Waals surface area contributed by atoms with E-state index in [0.717, 1.165) is 5.56 Å². The van der Waals surface area contributed by atoms with E-state index in [0.29, 0.717) is 17.8 Å². The van der Waals surface area contributed by atoms with Gasteiger partial charge >= 0.3 is 0 Å². The van der Waals surface area contributed by atoms with E-state index >= 15 is 0 Å². The van der Waals surface area contributed by atoms with E-state index in [1.807, 2.05) is 41.2 Å². The lowest BCUT2D eigenvalue weighted by atomic mass is 10.2. The summed E-state index contributed by atoms with van der Waals surface area (Å²) in [5.41, 5.74) is 2.14. The predicted octanol–water partition coefficient (Wildman–Crippen LogP) is 3.37.